The van der Waals surface area contributed by atoms with E-state index in [9.17, 15) is 14.4 Å². The Balaban J connectivity index is 1.73. The van der Waals surface area contributed by atoms with Crippen LogP contribution in [-0.4, -0.2) is 47.5 Å². The molecule has 0 saturated carbocycles. The van der Waals surface area contributed by atoms with Crippen molar-refractivity contribution in [3.8, 4) is 5.75 Å². The van der Waals surface area contributed by atoms with Crippen LogP contribution in [0.3, 0.4) is 0 Å². The predicted molar refractivity (Wildman–Crippen MR) is 91.2 cm³/mol. The molecule has 0 spiro atoms. The van der Waals surface area contributed by atoms with Crippen LogP contribution in [0.5, 0.6) is 5.75 Å². The summed E-state index contributed by atoms with van der Waals surface area (Å²) in [5.74, 6) is -0.427. The largest absolute Gasteiger partial charge is 0.493 e. The van der Waals surface area contributed by atoms with Crippen LogP contribution in [0.1, 0.15) is 42.5 Å². The summed E-state index contributed by atoms with van der Waals surface area (Å²) >= 11 is 0. The molecule has 1 unspecified atom stereocenters. The number of nitrogens with zero attached hydrogens (tertiary/aromatic N) is 1. The molecule has 1 saturated heterocycles. The molecule has 0 bridgehead atoms. The van der Waals surface area contributed by atoms with Gasteiger partial charge in [-0.3, -0.25) is 14.4 Å². The van der Waals surface area contributed by atoms with Gasteiger partial charge in [-0.25, -0.2) is 0 Å². The molecule has 1 aliphatic heterocycles. The maximum atomic E-state index is 12.3. The highest BCUT2D eigenvalue weighted by Crippen LogP contribution is 2.21. The van der Waals surface area contributed by atoms with Crippen LogP contribution in [-0.2, 0) is 9.59 Å². The van der Waals surface area contributed by atoms with E-state index in [-0.39, 0.29) is 31.3 Å². The molecule has 136 valence electrons. The summed E-state index contributed by atoms with van der Waals surface area (Å²) < 4.78 is 5.53. The summed E-state index contributed by atoms with van der Waals surface area (Å²) in [7, 11) is 0. The predicted octanol–water partition coefficient (Wildman–Crippen LogP) is 1.66. The first-order valence-corrected chi connectivity index (χ1v) is 8.48. The number of carboxylic acid groups (broad SMARTS) is 1. The van der Waals surface area contributed by atoms with Crippen molar-refractivity contribution >= 4 is 17.8 Å². The van der Waals surface area contributed by atoms with Gasteiger partial charge in [-0.2, -0.15) is 0 Å². The highest BCUT2D eigenvalue weighted by molar-refractivity contribution is 5.92. The third-order valence-electron chi connectivity index (χ3n) is 4.36. The van der Waals surface area contributed by atoms with Crippen molar-refractivity contribution in [2.24, 2.45) is 11.7 Å². The van der Waals surface area contributed by atoms with Gasteiger partial charge >= 0.3 is 5.97 Å². The van der Waals surface area contributed by atoms with E-state index in [0.717, 1.165) is 19.4 Å². The Labute approximate surface area is 146 Å². The second-order valence-corrected chi connectivity index (χ2v) is 6.27. The van der Waals surface area contributed by atoms with Gasteiger partial charge in [0.15, 0.2) is 0 Å². The van der Waals surface area contributed by atoms with Gasteiger partial charge in [0.2, 0.25) is 11.8 Å². The second kappa shape index (κ2) is 9.05. The molecule has 1 aromatic rings. The monoisotopic (exact) mass is 348 g/mol. The molecule has 0 aliphatic carbocycles. The Hall–Kier alpha value is -2.57. The third-order valence-corrected chi connectivity index (χ3v) is 4.36. The summed E-state index contributed by atoms with van der Waals surface area (Å²) in [6, 6.07) is 6.45. The lowest BCUT2D eigenvalue weighted by Gasteiger charge is -2.32. The Bertz CT molecular complexity index is 614. The first-order valence-electron chi connectivity index (χ1n) is 8.48. The molecule has 7 heteroatoms. The number of carbonyl (C=O) groups excluding carboxylic acids is 2. The number of ether oxygens (including phenoxy) is 1. The zero-order valence-corrected chi connectivity index (χ0v) is 14.1. The van der Waals surface area contributed by atoms with Crippen molar-refractivity contribution in [2.45, 2.75) is 32.1 Å². The molecular weight excluding hydrogens is 324 g/mol. The van der Waals surface area contributed by atoms with Crippen LogP contribution >= 0.6 is 0 Å². The molecule has 1 fully saturated rings. The number of hydrogen-bond donors (Lipinski definition) is 2. The molecule has 0 aromatic heterocycles. The fourth-order valence-electron chi connectivity index (χ4n) is 2.98. The molecule has 7 nitrogen and oxygen atoms in total. The number of primary amides is 1. The lowest BCUT2D eigenvalue weighted by Crippen LogP contribution is -2.40. The van der Waals surface area contributed by atoms with E-state index in [0.29, 0.717) is 24.3 Å². The third kappa shape index (κ3) is 6.10. The van der Waals surface area contributed by atoms with Gasteiger partial charge in [0, 0.05) is 25.1 Å². The molecule has 3 N–H and O–H groups in total. The number of benzene rings is 1. The molecule has 1 aromatic carbocycles. The minimum absolute atomic E-state index is 0.0220. The highest BCUT2D eigenvalue weighted by atomic mass is 16.5. The lowest BCUT2D eigenvalue weighted by atomic mass is 9.93. The molecule has 0 radical (unpaired) electrons. The van der Waals surface area contributed by atoms with Gasteiger partial charge < -0.3 is 20.5 Å². The number of piperidine rings is 1. The Morgan fingerprint density at radius 3 is 2.56 bits per heavy atom. The van der Waals surface area contributed by atoms with Crippen molar-refractivity contribution < 1.29 is 24.2 Å². The number of aliphatic carboxylic acids is 1. The summed E-state index contributed by atoms with van der Waals surface area (Å²) in [6.07, 6.45) is 2.91. The Kier molecular flexibility index (Phi) is 6.80. The topological polar surface area (TPSA) is 110 Å². The summed E-state index contributed by atoms with van der Waals surface area (Å²) in [5, 5.41) is 8.77. The van der Waals surface area contributed by atoms with Crippen molar-refractivity contribution in [3.05, 3.63) is 29.8 Å². The van der Waals surface area contributed by atoms with Crippen LogP contribution in [0.4, 0.5) is 0 Å². The number of nitrogens with two attached hydrogens (primary N) is 1. The summed E-state index contributed by atoms with van der Waals surface area (Å²) in [5.41, 5.74) is 5.58. The Morgan fingerprint density at radius 2 is 1.92 bits per heavy atom. The average Bonchev–Trinajstić information content (AvgIpc) is 2.60. The van der Waals surface area contributed by atoms with Gasteiger partial charge in [-0.15, -0.1) is 0 Å². The van der Waals surface area contributed by atoms with Gasteiger partial charge in [0.1, 0.15) is 5.75 Å². The van der Waals surface area contributed by atoms with Crippen molar-refractivity contribution in [3.63, 3.8) is 0 Å². The van der Waals surface area contributed by atoms with E-state index in [4.69, 9.17) is 15.6 Å². The molecule has 2 rings (SSSR count). The van der Waals surface area contributed by atoms with Gasteiger partial charge in [0.25, 0.3) is 0 Å². The zero-order valence-electron chi connectivity index (χ0n) is 14.1. The molecule has 1 atom stereocenters. The minimum Gasteiger partial charge on any atom is -0.493 e. The van der Waals surface area contributed by atoms with E-state index in [1.807, 2.05) is 0 Å². The van der Waals surface area contributed by atoms with Gasteiger partial charge in [-0.1, -0.05) is 0 Å². The Morgan fingerprint density at radius 1 is 1.20 bits per heavy atom. The molecule has 25 heavy (non-hydrogen) atoms. The number of carboxylic acids is 1. The molecule has 1 aliphatic rings. The zero-order chi connectivity index (χ0) is 18.2. The van der Waals surface area contributed by atoms with Crippen molar-refractivity contribution in [1.82, 2.24) is 4.90 Å². The van der Waals surface area contributed by atoms with Crippen molar-refractivity contribution in [2.75, 3.05) is 19.7 Å². The first-order chi connectivity index (χ1) is 12.0. The number of hydrogen-bond acceptors (Lipinski definition) is 4. The number of amides is 2. The second-order valence-electron chi connectivity index (χ2n) is 6.27. The van der Waals surface area contributed by atoms with Gasteiger partial charge in [-0.05, 0) is 49.4 Å². The van der Waals surface area contributed by atoms with Crippen LogP contribution in [0.25, 0.3) is 0 Å². The maximum absolute atomic E-state index is 12.3. The molecule has 2 amide bonds. The quantitative estimate of drug-likeness (QED) is 0.742. The molecular formula is C18H24N2O5. The van der Waals surface area contributed by atoms with E-state index in [1.165, 1.54) is 0 Å². The summed E-state index contributed by atoms with van der Waals surface area (Å²) in [6.45, 7) is 1.60. The SMILES string of the molecule is NC(=O)c1ccc(OCCC(=O)N2CCCC(CCC(=O)O)C2)cc1. The van der Waals surface area contributed by atoms with E-state index < -0.39 is 11.9 Å². The highest BCUT2D eigenvalue weighted by Gasteiger charge is 2.23. The van der Waals surface area contributed by atoms with Crippen LogP contribution < -0.4 is 10.5 Å². The fraction of sp³-hybridized carbons (Fsp3) is 0.500. The maximum Gasteiger partial charge on any atom is 0.303 e. The van der Waals surface area contributed by atoms with Crippen molar-refractivity contribution in [1.29, 1.82) is 0 Å². The average molecular weight is 348 g/mol. The minimum atomic E-state index is -0.792. The number of likely N-dealkylation sites (tertiary alicyclic amines) is 1. The van der Waals surface area contributed by atoms with E-state index in [1.54, 1.807) is 29.2 Å². The normalized spacial score (nSPS) is 17.1. The molecule has 1 heterocycles. The van der Waals surface area contributed by atoms with E-state index >= 15 is 0 Å². The summed E-state index contributed by atoms with van der Waals surface area (Å²) in [4.78, 5) is 35.8. The number of rotatable bonds is 8. The van der Waals surface area contributed by atoms with Crippen LogP contribution in [0, 0.1) is 5.92 Å². The lowest BCUT2D eigenvalue weighted by molar-refractivity contribution is -0.137. The fourth-order valence-corrected chi connectivity index (χ4v) is 2.98. The van der Waals surface area contributed by atoms with Crippen LogP contribution in [0.2, 0.25) is 0 Å². The standard InChI is InChI=1S/C18H24N2O5/c19-18(24)14-4-6-15(7-5-14)25-11-9-16(21)20-10-1-2-13(12-20)3-8-17(22)23/h4-7,13H,1-3,8-12H2,(H2,19,24)(H,22,23). The smallest absolute Gasteiger partial charge is 0.303 e. The van der Waals surface area contributed by atoms with E-state index in [2.05, 4.69) is 0 Å². The van der Waals surface area contributed by atoms with Crippen LogP contribution in [0.15, 0.2) is 24.3 Å². The number of carbonyl (C=O) groups is 3. The first kappa shape index (κ1) is 18.8. The van der Waals surface area contributed by atoms with Gasteiger partial charge in [0.05, 0.1) is 13.0 Å².